The molecule has 0 radical (unpaired) electrons. The quantitative estimate of drug-likeness (QED) is 0.863. The van der Waals surface area contributed by atoms with Gasteiger partial charge in [-0.1, -0.05) is 6.07 Å². The molecule has 2 aromatic heterocycles. The molecule has 4 heteroatoms. The number of hydrogen-bond acceptors (Lipinski definition) is 4. The van der Waals surface area contributed by atoms with E-state index in [4.69, 9.17) is 0 Å². The van der Waals surface area contributed by atoms with Crippen molar-refractivity contribution in [3.63, 3.8) is 0 Å². The molecule has 1 saturated heterocycles. The van der Waals surface area contributed by atoms with Crippen LogP contribution >= 0.6 is 0 Å². The number of anilines is 1. The lowest BCUT2D eigenvalue weighted by molar-refractivity contribution is 0.207. The van der Waals surface area contributed by atoms with Crippen molar-refractivity contribution in [1.82, 2.24) is 14.9 Å². The SMILES string of the molecule is CN(Cc1ccncc1)[C@@H]1CCCN(c2ccccn2)C1. The highest BCUT2D eigenvalue weighted by molar-refractivity contribution is 5.38. The van der Waals surface area contributed by atoms with Crippen LogP contribution in [0.4, 0.5) is 5.82 Å². The third-order valence-corrected chi connectivity index (χ3v) is 4.17. The largest absolute Gasteiger partial charge is 0.355 e. The highest BCUT2D eigenvalue weighted by atomic mass is 15.2. The van der Waals surface area contributed by atoms with Gasteiger partial charge in [0.2, 0.25) is 0 Å². The van der Waals surface area contributed by atoms with E-state index in [1.54, 1.807) is 0 Å². The van der Waals surface area contributed by atoms with Crippen molar-refractivity contribution in [2.75, 3.05) is 25.0 Å². The third-order valence-electron chi connectivity index (χ3n) is 4.17. The van der Waals surface area contributed by atoms with Gasteiger partial charge in [0.1, 0.15) is 5.82 Å². The van der Waals surface area contributed by atoms with Crippen molar-refractivity contribution in [3.8, 4) is 0 Å². The third kappa shape index (κ3) is 3.58. The molecule has 0 N–H and O–H groups in total. The second-order valence-corrected chi connectivity index (χ2v) is 5.70. The Bertz CT molecular complexity index is 543. The standard InChI is InChI=1S/C17H22N4/c1-20(13-15-7-10-18-11-8-15)16-5-4-12-21(14-16)17-6-2-3-9-19-17/h2-3,6-11,16H,4-5,12-14H2,1H3/t16-/m1/s1. The van der Waals surface area contributed by atoms with Gasteiger partial charge in [0, 0.05) is 44.3 Å². The van der Waals surface area contributed by atoms with Crippen LogP contribution < -0.4 is 4.90 Å². The van der Waals surface area contributed by atoms with Gasteiger partial charge in [0.15, 0.2) is 0 Å². The van der Waals surface area contributed by atoms with Crippen LogP contribution in [-0.4, -0.2) is 41.0 Å². The lowest BCUT2D eigenvalue weighted by atomic mass is 10.0. The Hall–Kier alpha value is -1.94. The minimum atomic E-state index is 0.578. The molecule has 1 aliphatic rings. The van der Waals surface area contributed by atoms with Crippen LogP contribution in [0.15, 0.2) is 48.9 Å². The molecule has 3 rings (SSSR count). The number of nitrogens with zero attached hydrogens (tertiary/aromatic N) is 4. The first-order chi connectivity index (χ1) is 10.3. The molecule has 0 amide bonds. The average Bonchev–Trinajstić information content (AvgIpc) is 2.57. The van der Waals surface area contributed by atoms with Crippen LogP contribution in [0.2, 0.25) is 0 Å². The van der Waals surface area contributed by atoms with Crippen LogP contribution in [-0.2, 0) is 6.54 Å². The smallest absolute Gasteiger partial charge is 0.128 e. The second kappa shape index (κ2) is 6.68. The molecule has 1 atom stereocenters. The van der Waals surface area contributed by atoms with Gasteiger partial charge in [0.25, 0.3) is 0 Å². The minimum absolute atomic E-state index is 0.578. The normalized spacial score (nSPS) is 19.0. The minimum Gasteiger partial charge on any atom is -0.355 e. The van der Waals surface area contributed by atoms with E-state index in [9.17, 15) is 0 Å². The van der Waals surface area contributed by atoms with E-state index in [0.29, 0.717) is 6.04 Å². The van der Waals surface area contributed by atoms with E-state index >= 15 is 0 Å². The Labute approximate surface area is 126 Å². The molecule has 0 aliphatic carbocycles. The Morgan fingerprint density at radius 1 is 1.19 bits per heavy atom. The molecule has 0 unspecified atom stereocenters. The fourth-order valence-corrected chi connectivity index (χ4v) is 2.97. The summed E-state index contributed by atoms with van der Waals surface area (Å²) in [5.41, 5.74) is 1.32. The van der Waals surface area contributed by atoms with E-state index in [1.807, 2.05) is 24.7 Å². The van der Waals surface area contributed by atoms with Gasteiger partial charge >= 0.3 is 0 Å². The number of likely N-dealkylation sites (N-methyl/N-ethyl adjacent to an activating group) is 1. The van der Waals surface area contributed by atoms with E-state index < -0.39 is 0 Å². The summed E-state index contributed by atoms with van der Waals surface area (Å²) in [5, 5.41) is 0. The van der Waals surface area contributed by atoms with E-state index in [2.05, 4.69) is 51.1 Å². The monoisotopic (exact) mass is 282 g/mol. The van der Waals surface area contributed by atoms with E-state index in [0.717, 1.165) is 25.5 Å². The number of hydrogen-bond donors (Lipinski definition) is 0. The predicted octanol–water partition coefficient (Wildman–Crippen LogP) is 2.58. The fraction of sp³-hybridized carbons (Fsp3) is 0.412. The molecule has 3 heterocycles. The molecule has 0 spiro atoms. The van der Waals surface area contributed by atoms with Crippen LogP contribution in [0, 0.1) is 0 Å². The zero-order chi connectivity index (χ0) is 14.5. The van der Waals surface area contributed by atoms with Gasteiger partial charge < -0.3 is 4.90 Å². The number of piperidine rings is 1. The first kappa shape index (κ1) is 14.0. The maximum Gasteiger partial charge on any atom is 0.128 e. The summed E-state index contributed by atoms with van der Waals surface area (Å²) in [6.07, 6.45) is 8.08. The zero-order valence-electron chi connectivity index (χ0n) is 12.5. The van der Waals surface area contributed by atoms with Crippen molar-refractivity contribution in [1.29, 1.82) is 0 Å². The van der Waals surface area contributed by atoms with E-state index in [-0.39, 0.29) is 0 Å². The molecule has 21 heavy (non-hydrogen) atoms. The van der Waals surface area contributed by atoms with Crippen LogP contribution in [0.1, 0.15) is 18.4 Å². The van der Waals surface area contributed by atoms with E-state index in [1.165, 1.54) is 18.4 Å². The Morgan fingerprint density at radius 3 is 2.81 bits per heavy atom. The number of rotatable bonds is 4. The molecule has 4 nitrogen and oxygen atoms in total. The van der Waals surface area contributed by atoms with Gasteiger partial charge in [-0.05, 0) is 49.7 Å². The fourth-order valence-electron chi connectivity index (χ4n) is 2.97. The molecule has 0 saturated carbocycles. The number of pyridine rings is 2. The van der Waals surface area contributed by atoms with Crippen LogP contribution in [0.5, 0.6) is 0 Å². The first-order valence-corrected chi connectivity index (χ1v) is 7.58. The summed E-state index contributed by atoms with van der Waals surface area (Å²) in [6.45, 7) is 3.14. The lowest BCUT2D eigenvalue weighted by Crippen LogP contribution is -2.46. The topological polar surface area (TPSA) is 32.3 Å². The average molecular weight is 282 g/mol. The van der Waals surface area contributed by atoms with Crippen molar-refractivity contribution in [2.45, 2.75) is 25.4 Å². The summed E-state index contributed by atoms with van der Waals surface area (Å²) < 4.78 is 0. The van der Waals surface area contributed by atoms with Gasteiger partial charge in [-0.2, -0.15) is 0 Å². The van der Waals surface area contributed by atoms with Gasteiger partial charge in [-0.15, -0.1) is 0 Å². The van der Waals surface area contributed by atoms with Gasteiger partial charge in [0.05, 0.1) is 0 Å². The molecule has 110 valence electrons. The van der Waals surface area contributed by atoms with Crippen LogP contribution in [0.25, 0.3) is 0 Å². The second-order valence-electron chi connectivity index (χ2n) is 5.70. The Balaban J connectivity index is 1.63. The summed E-state index contributed by atoms with van der Waals surface area (Å²) in [5.74, 6) is 1.10. The summed E-state index contributed by atoms with van der Waals surface area (Å²) >= 11 is 0. The highest BCUT2D eigenvalue weighted by Crippen LogP contribution is 2.21. The van der Waals surface area contributed by atoms with Crippen LogP contribution in [0.3, 0.4) is 0 Å². The maximum absolute atomic E-state index is 4.48. The first-order valence-electron chi connectivity index (χ1n) is 7.58. The molecular formula is C17H22N4. The molecule has 1 aliphatic heterocycles. The summed E-state index contributed by atoms with van der Waals surface area (Å²) in [7, 11) is 2.22. The maximum atomic E-state index is 4.48. The summed E-state index contributed by atoms with van der Waals surface area (Å²) in [6, 6.07) is 10.9. The summed E-state index contributed by atoms with van der Waals surface area (Å²) in [4.78, 5) is 13.4. The lowest BCUT2D eigenvalue weighted by Gasteiger charge is -2.38. The van der Waals surface area contributed by atoms with Gasteiger partial charge in [-0.3, -0.25) is 9.88 Å². The van der Waals surface area contributed by atoms with Gasteiger partial charge in [-0.25, -0.2) is 4.98 Å². The van der Waals surface area contributed by atoms with Crippen molar-refractivity contribution >= 4 is 5.82 Å². The Kier molecular flexibility index (Phi) is 4.46. The molecule has 1 fully saturated rings. The van der Waals surface area contributed by atoms with Crippen molar-refractivity contribution in [3.05, 3.63) is 54.5 Å². The zero-order valence-corrected chi connectivity index (χ0v) is 12.5. The van der Waals surface area contributed by atoms with Crippen molar-refractivity contribution in [2.24, 2.45) is 0 Å². The molecule has 0 aromatic carbocycles. The molecular weight excluding hydrogens is 260 g/mol. The predicted molar refractivity (Wildman–Crippen MR) is 85.2 cm³/mol. The number of aromatic nitrogens is 2. The highest BCUT2D eigenvalue weighted by Gasteiger charge is 2.23. The molecule has 0 bridgehead atoms. The Morgan fingerprint density at radius 2 is 2.05 bits per heavy atom. The van der Waals surface area contributed by atoms with Crippen molar-refractivity contribution < 1.29 is 0 Å². The molecule has 2 aromatic rings.